The van der Waals surface area contributed by atoms with Gasteiger partial charge in [-0.3, -0.25) is 14.3 Å². The maximum absolute atomic E-state index is 15.6. The number of hydrogen-bond acceptors (Lipinski definition) is 5. The first kappa shape index (κ1) is 26.4. The summed E-state index contributed by atoms with van der Waals surface area (Å²) in [6, 6.07) is 12.3. The van der Waals surface area contributed by atoms with Crippen LogP contribution in [0.15, 0.2) is 48.7 Å². The summed E-state index contributed by atoms with van der Waals surface area (Å²) in [6.07, 6.45) is 3.61. The van der Waals surface area contributed by atoms with Gasteiger partial charge >= 0.3 is 11.9 Å². The van der Waals surface area contributed by atoms with Gasteiger partial charge in [-0.1, -0.05) is 41.9 Å². The molecule has 38 heavy (non-hydrogen) atoms. The number of aryl methyl sites for hydroxylation is 1. The predicted molar refractivity (Wildman–Crippen MR) is 139 cm³/mol. The fourth-order valence-corrected chi connectivity index (χ4v) is 6.17. The lowest BCUT2D eigenvalue weighted by molar-refractivity contribution is -0.175. The van der Waals surface area contributed by atoms with Gasteiger partial charge in [0.25, 0.3) is 0 Å². The number of nitrogens with zero attached hydrogens (tertiary/aromatic N) is 2. The van der Waals surface area contributed by atoms with Crippen LogP contribution in [0.1, 0.15) is 62.0 Å². The van der Waals surface area contributed by atoms with E-state index in [1.165, 1.54) is 6.07 Å². The first-order valence-corrected chi connectivity index (χ1v) is 13.1. The normalized spacial score (nSPS) is 23.3. The Morgan fingerprint density at radius 1 is 1.21 bits per heavy atom. The van der Waals surface area contributed by atoms with Gasteiger partial charge < -0.3 is 14.6 Å². The quantitative estimate of drug-likeness (QED) is 0.364. The van der Waals surface area contributed by atoms with Crippen LogP contribution in [-0.4, -0.2) is 39.0 Å². The lowest BCUT2D eigenvalue weighted by atomic mass is 9.62. The van der Waals surface area contributed by atoms with Crippen molar-refractivity contribution < 1.29 is 28.6 Å². The van der Waals surface area contributed by atoms with Crippen molar-refractivity contribution in [2.24, 2.45) is 7.05 Å². The molecule has 1 saturated carbocycles. The molecule has 2 aromatic carbocycles. The average Bonchev–Trinajstić information content (AvgIpc) is 3.24. The van der Waals surface area contributed by atoms with Gasteiger partial charge in [-0.25, -0.2) is 4.39 Å². The molecular weight excluding hydrogens is 511 g/mol. The van der Waals surface area contributed by atoms with E-state index in [9.17, 15) is 14.7 Å². The topological polar surface area (TPSA) is 90.7 Å². The Kier molecular flexibility index (Phi) is 7.05. The Hall–Kier alpha value is -3.23. The number of benzene rings is 2. The Bertz CT molecular complexity index is 1360. The van der Waals surface area contributed by atoms with E-state index in [4.69, 9.17) is 21.1 Å². The van der Waals surface area contributed by atoms with E-state index >= 15 is 4.39 Å². The highest BCUT2D eigenvalue weighted by Gasteiger charge is 2.52. The monoisotopic (exact) mass is 540 g/mol. The van der Waals surface area contributed by atoms with Crippen molar-refractivity contribution in [3.63, 3.8) is 0 Å². The second kappa shape index (κ2) is 10.2. The molecule has 9 heteroatoms. The summed E-state index contributed by atoms with van der Waals surface area (Å²) in [7, 11) is 1.73. The number of esters is 1. The zero-order valence-electron chi connectivity index (χ0n) is 21.4. The highest BCUT2D eigenvalue weighted by Crippen LogP contribution is 2.52. The third-order valence-electron chi connectivity index (χ3n) is 8.12. The maximum Gasteiger partial charge on any atom is 0.312 e. The zero-order valence-corrected chi connectivity index (χ0v) is 22.1. The molecule has 1 atom stereocenters. The number of carboxylic acid groups (broad SMARTS) is 1. The predicted octanol–water partition coefficient (Wildman–Crippen LogP) is 5.78. The van der Waals surface area contributed by atoms with Crippen molar-refractivity contribution in [3.8, 4) is 11.1 Å². The molecule has 1 N–H and O–H groups in total. The van der Waals surface area contributed by atoms with Crippen molar-refractivity contribution in [1.29, 1.82) is 0 Å². The molecule has 7 nitrogen and oxygen atoms in total. The van der Waals surface area contributed by atoms with Gasteiger partial charge in [-0.15, -0.1) is 0 Å². The summed E-state index contributed by atoms with van der Waals surface area (Å²) in [5.74, 6) is -1.66. The molecule has 2 bridgehead atoms. The molecule has 0 radical (unpaired) electrons. The van der Waals surface area contributed by atoms with Crippen molar-refractivity contribution in [1.82, 2.24) is 9.78 Å². The minimum absolute atomic E-state index is 0.0200. The Morgan fingerprint density at radius 2 is 1.95 bits per heavy atom. The van der Waals surface area contributed by atoms with E-state index in [-0.39, 0.29) is 18.7 Å². The number of fused-ring (bicyclic) bond motifs is 3. The second-order valence-corrected chi connectivity index (χ2v) is 10.9. The van der Waals surface area contributed by atoms with E-state index < -0.39 is 29.1 Å². The summed E-state index contributed by atoms with van der Waals surface area (Å²) in [6.45, 7) is 2.08. The Labute approximate surface area is 225 Å². The zero-order chi connectivity index (χ0) is 27.1. The third kappa shape index (κ3) is 4.95. The van der Waals surface area contributed by atoms with E-state index in [1.54, 1.807) is 37.0 Å². The number of ether oxygens (including phenoxy) is 2. The van der Waals surface area contributed by atoms with Crippen LogP contribution in [0.5, 0.6) is 0 Å². The standard InChI is InChI=1S/C29H30ClFN2O5/c1-18(20-5-3-4-6-23(20)30)38-27(36)14-25-21(16-32-33(25)2)19-7-8-22(24(31)13-19)28-9-11-29(12-10-28,37-17-28)15-26(34)35/h3-8,13,16,18H,9-12,14-15,17H2,1-2H3,(H,34,35)/t18-,28?,29?/m1/s1. The fourth-order valence-electron chi connectivity index (χ4n) is 5.88. The number of carbonyl (C=O) groups is 2. The van der Waals surface area contributed by atoms with Crippen molar-refractivity contribution in [2.75, 3.05) is 6.61 Å². The molecule has 1 aliphatic carbocycles. The maximum atomic E-state index is 15.6. The van der Waals surface area contributed by atoms with E-state index in [1.807, 2.05) is 24.3 Å². The molecule has 200 valence electrons. The summed E-state index contributed by atoms with van der Waals surface area (Å²) in [5, 5.41) is 14.1. The van der Waals surface area contributed by atoms with Gasteiger partial charge in [0.1, 0.15) is 11.9 Å². The first-order valence-electron chi connectivity index (χ1n) is 12.7. The Balaban J connectivity index is 1.33. The number of hydrogen-bond donors (Lipinski definition) is 1. The molecule has 2 saturated heterocycles. The van der Waals surface area contributed by atoms with Crippen LogP contribution in [0, 0.1) is 5.82 Å². The average molecular weight is 541 g/mol. The van der Waals surface area contributed by atoms with Crippen LogP contribution in [0.2, 0.25) is 5.02 Å². The molecule has 3 heterocycles. The SMILES string of the molecule is C[C@@H](OC(=O)Cc1c(-c2ccc(C34CCC(CC(=O)O)(CC3)OC4)c(F)c2)cnn1C)c1ccccc1Cl. The number of aliphatic carboxylic acids is 1. The van der Waals surface area contributed by atoms with Gasteiger partial charge in [-0.2, -0.15) is 5.10 Å². The van der Waals surface area contributed by atoms with Crippen LogP contribution in [0.3, 0.4) is 0 Å². The molecule has 6 rings (SSSR count). The van der Waals surface area contributed by atoms with Gasteiger partial charge in [-0.05, 0) is 55.9 Å². The number of carbonyl (C=O) groups excluding carboxylic acids is 1. The molecule has 3 fully saturated rings. The lowest BCUT2D eigenvalue weighted by Crippen LogP contribution is -2.54. The van der Waals surface area contributed by atoms with Crippen molar-refractivity contribution in [3.05, 3.63) is 76.3 Å². The third-order valence-corrected chi connectivity index (χ3v) is 8.47. The minimum Gasteiger partial charge on any atom is -0.481 e. The van der Waals surface area contributed by atoms with Crippen LogP contribution >= 0.6 is 11.6 Å². The van der Waals surface area contributed by atoms with Crippen molar-refractivity contribution >= 4 is 23.5 Å². The second-order valence-electron chi connectivity index (χ2n) is 10.5. The molecule has 1 aromatic heterocycles. The smallest absolute Gasteiger partial charge is 0.312 e. The van der Waals surface area contributed by atoms with Crippen LogP contribution in [-0.2, 0) is 37.9 Å². The molecule has 2 aliphatic heterocycles. The van der Waals surface area contributed by atoms with Gasteiger partial charge in [0, 0.05) is 28.6 Å². The van der Waals surface area contributed by atoms with E-state index in [0.717, 1.165) is 5.56 Å². The molecule has 3 aromatic rings. The summed E-state index contributed by atoms with van der Waals surface area (Å²) in [4.78, 5) is 24.1. The van der Waals surface area contributed by atoms with Gasteiger partial charge in [0.2, 0.25) is 0 Å². The molecule has 0 unspecified atom stereocenters. The number of aromatic nitrogens is 2. The highest BCUT2D eigenvalue weighted by molar-refractivity contribution is 6.31. The minimum atomic E-state index is -0.871. The van der Waals surface area contributed by atoms with Gasteiger partial charge in [0.15, 0.2) is 0 Å². The fraction of sp³-hybridized carbons (Fsp3) is 0.414. The first-order chi connectivity index (χ1) is 18.1. The van der Waals surface area contributed by atoms with E-state index in [2.05, 4.69) is 5.10 Å². The summed E-state index contributed by atoms with van der Waals surface area (Å²) < 4.78 is 28.8. The number of carboxylic acids is 1. The molecule has 3 aliphatic rings. The lowest BCUT2D eigenvalue weighted by Gasteiger charge is -2.53. The van der Waals surface area contributed by atoms with Crippen LogP contribution in [0.4, 0.5) is 4.39 Å². The van der Waals surface area contributed by atoms with Crippen molar-refractivity contribution in [2.45, 2.75) is 62.6 Å². The Morgan fingerprint density at radius 3 is 2.58 bits per heavy atom. The summed E-state index contributed by atoms with van der Waals surface area (Å²) in [5.41, 5.74) is 2.10. The van der Waals surface area contributed by atoms with Gasteiger partial charge in [0.05, 0.1) is 36.9 Å². The molecule has 0 spiro atoms. The largest absolute Gasteiger partial charge is 0.481 e. The van der Waals surface area contributed by atoms with Crippen LogP contribution in [0.25, 0.3) is 11.1 Å². The molecular formula is C29H30ClFN2O5. The highest BCUT2D eigenvalue weighted by atomic mass is 35.5. The molecule has 0 amide bonds. The number of halogens is 2. The summed E-state index contributed by atoms with van der Waals surface area (Å²) >= 11 is 6.24. The van der Waals surface area contributed by atoms with E-state index in [0.29, 0.717) is 59.7 Å². The van der Waals surface area contributed by atoms with Crippen LogP contribution < -0.4 is 0 Å². The number of rotatable bonds is 8.